The minimum absolute atomic E-state index is 0.106. The second-order valence-corrected chi connectivity index (χ2v) is 12.4. The molecule has 2 aliphatic rings. The Morgan fingerprint density at radius 3 is 2.85 bits per heavy atom. The zero-order valence-electron chi connectivity index (χ0n) is 18.7. The number of hydrogen-bond donors (Lipinski definition) is 3. The Bertz CT molecular complexity index is 1160. The Hall–Kier alpha value is -1.58. The second kappa shape index (κ2) is 10.2. The van der Waals surface area contributed by atoms with Crippen LogP contribution in [0.2, 0.25) is 9.99 Å². The molecule has 0 bridgehead atoms. The van der Waals surface area contributed by atoms with E-state index in [1.54, 1.807) is 4.57 Å². The number of rotatable bonds is 7. The third kappa shape index (κ3) is 4.75. The third-order valence-electron chi connectivity index (χ3n) is 6.51. The predicted octanol–water partition coefficient (Wildman–Crippen LogP) is 1.02. The maximum absolute atomic E-state index is 10.4. The summed E-state index contributed by atoms with van der Waals surface area (Å²) in [5, 5.41) is 30.1. The molecule has 0 spiro atoms. The number of aliphatic hydroxyl groups excluding tert-OH is 3. The molecular formula is C23H28AsClN4O5. The maximum atomic E-state index is 10.4. The van der Waals surface area contributed by atoms with E-state index in [1.807, 2.05) is 0 Å². The van der Waals surface area contributed by atoms with E-state index in [0.29, 0.717) is 22.5 Å². The first kappa shape index (κ1) is 24.1. The number of aromatic nitrogens is 4. The molecule has 5 rings (SSSR count). The first-order valence-electron chi connectivity index (χ1n) is 11.4. The summed E-state index contributed by atoms with van der Waals surface area (Å²) in [5.74, 6) is 0. The first-order valence-corrected chi connectivity index (χ1v) is 14.0. The van der Waals surface area contributed by atoms with Crippen molar-refractivity contribution in [2.24, 2.45) is 0 Å². The van der Waals surface area contributed by atoms with Crippen LogP contribution in [0.1, 0.15) is 36.6 Å². The van der Waals surface area contributed by atoms with E-state index in [9.17, 15) is 15.3 Å². The zero-order valence-corrected chi connectivity index (χ0v) is 21.6. The molecule has 1 saturated carbocycles. The van der Waals surface area contributed by atoms with Crippen LogP contribution in [0.4, 0.5) is 0 Å². The van der Waals surface area contributed by atoms with Crippen molar-refractivity contribution in [1.82, 2.24) is 19.5 Å². The van der Waals surface area contributed by atoms with Gasteiger partial charge < -0.3 is 0 Å². The molecule has 1 aliphatic carbocycles. The van der Waals surface area contributed by atoms with Crippen LogP contribution < -0.4 is 4.48 Å². The quantitative estimate of drug-likeness (QED) is 0.294. The standard InChI is InChI=1S/C23H28AsClN4O5/c1-12-4-2-5-13(8-12)10-33-15-7-3-6-14(15)24-20-17-21(28-23(25)27-20)29(11-26-17)22-19(32)18(31)16(9-30)34-22/h2,4-5,8,11,14-16,18-19,22,24,30-32H,3,6-7,9-10H2,1H3. The number of halogens is 1. The molecule has 3 aromatic rings. The van der Waals surface area contributed by atoms with Crippen molar-refractivity contribution < 1.29 is 24.8 Å². The van der Waals surface area contributed by atoms with E-state index in [-0.39, 0.29) is 11.4 Å². The monoisotopic (exact) mass is 550 g/mol. The van der Waals surface area contributed by atoms with E-state index >= 15 is 0 Å². The number of ether oxygens (including phenoxy) is 2. The molecule has 2 fully saturated rings. The number of aliphatic hydroxyl groups is 3. The van der Waals surface area contributed by atoms with E-state index in [1.165, 1.54) is 17.5 Å². The summed E-state index contributed by atoms with van der Waals surface area (Å²) in [6, 6.07) is 8.37. The van der Waals surface area contributed by atoms with Crippen LogP contribution in [0.15, 0.2) is 30.6 Å². The summed E-state index contributed by atoms with van der Waals surface area (Å²) >= 11 is 5.54. The van der Waals surface area contributed by atoms with Crippen molar-refractivity contribution in [2.45, 2.75) is 68.1 Å². The zero-order chi connectivity index (χ0) is 23.8. The molecule has 3 heterocycles. The molecule has 1 saturated heterocycles. The average molecular weight is 551 g/mol. The molecule has 1 aromatic carbocycles. The molecular weight excluding hydrogens is 523 g/mol. The summed E-state index contributed by atoms with van der Waals surface area (Å²) in [6.07, 6.45) is 0.680. The number of aryl methyl sites for hydroxylation is 1. The van der Waals surface area contributed by atoms with Gasteiger partial charge in [0.05, 0.1) is 0 Å². The number of benzene rings is 1. The Morgan fingerprint density at radius 2 is 2.09 bits per heavy atom. The molecule has 3 N–H and O–H groups in total. The van der Waals surface area contributed by atoms with Gasteiger partial charge in [0.25, 0.3) is 0 Å². The third-order valence-corrected chi connectivity index (χ3v) is 10.1. The number of nitrogens with zero attached hydrogens (tertiary/aromatic N) is 4. The number of hydrogen-bond acceptors (Lipinski definition) is 8. The number of fused-ring (bicyclic) bond motifs is 1. The van der Waals surface area contributed by atoms with E-state index in [2.05, 4.69) is 46.1 Å². The van der Waals surface area contributed by atoms with Gasteiger partial charge in [-0.3, -0.25) is 0 Å². The van der Waals surface area contributed by atoms with Gasteiger partial charge in [0, 0.05) is 0 Å². The van der Waals surface area contributed by atoms with Gasteiger partial charge in [-0.2, -0.15) is 0 Å². The molecule has 9 nitrogen and oxygen atoms in total. The van der Waals surface area contributed by atoms with Gasteiger partial charge in [0.15, 0.2) is 0 Å². The molecule has 182 valence electrons. The molecule has 2 aromatic heterocycles. The van der Waals surface area contributed by atoms with Crippen LogP contribution in [-0.2, 0) is 16.1 Å². The normalized spacial score (nSPS) is 29.7. The fourth-order valence-corrected chi connectivity index (χ4v) is 8.50. The van der Waals surface area contributed by atoms with Gasteiger partial charge in [-0.1, -0.05) is 0 Å². The molecule has 11 heteroatoms. The van der Waals surface area contributed by atoms with Crippen LogP contribution in [-0.4, -0.2) is 81.6 Å². The average Bonchev–Trinajstić information content (AvgIpc) is 3.51. The van der Waals surface area contributed by atoms with Gasteiger partial charge in [-0.05, 0) is 0 Å². The topological polar surface area (TPSA) is 123 Å². The van der Waals surface area contributed by atoms with Gasteiger partial charge >= 0.3 is 209 Å². The van der Waals surface area contributed by atoms with Gasteiger partial charge in [-0.25, -0.2) is 0 Å². The van der Waals surface area contributed by atoms with E-state index in [4.69, 9.17) is 21.1 Å². The van der Waals surface area contributed by atoms with E-state index in [0.717, 1.165) is 23.7 Å². The summed E-state index contributed by atoms with van der Waals surface area (Å²) in [5.41, 5.74) is 3.48. The Morgan fingerprint density at radius 1 is 1.24 bits per heavy atom. The van der Waals surface area contributed by atoms with Crippen molar-refractivity contribution in [3.8, 4) is 0 Å². The van der Waals surface area contributed by atoms with Crippen molar-refractivity contribution >= 4 is 43.0 Å². The predicted molar refractivity (Wildman–Crippen MR) is 127 cm³/mol. The molecule has 34 heavy (non-hydrogen) atoms. The van der Waals surface area contributed by atoms with Crippen LogP contribution in [0.5, 0.6) is 0 Å². The summed E-state index contributed by atoms with van der Waals surface area (Å²) in [7, 11) is 0. The van der Waals surface area contributed by atoms with Crippen molar-refractivity contribution in [3.05, 3.63) is 47.0 Å². The molecule has 0 amide bonds. The summed E-state index contributed by atoms with van der Waals surface area (Å²) < 4.78 is 14.8. The minimum atomic E-state index is -1.23. The molecule has 0 radical (unpaired) electrons. The molecule has 7 atom stereocenters. The summed E-state index contributed by atoms with van der Waals surface area (Å²) in [4.78, 5) is 13.4. The van der Waals surface area contributed by atoms with Crippen molar-refractivity contribution in [1.29, 1.82) is 0 Å². The van der Waals surface area contributed by atoms with Crippen LogP contribution in [0.25, 0.3) is 11.2 Å². The van der Waals surface area contributed by atoms with Gasteiger partial charge in [-0.15, -0.1) is 0 Å². The van der Waals surface area contributed by atoms with Crippen molar-refractivity contribution in [3.63, 3.8) is 0 Å². The fraction of sp³-hybridized carbons (Fsp3) is 0.522. The fourth-order valence-electron chi connectivity index (χ4n) is 4.76. The molecule has 1 aliphatic heterocycles. The van der Waals surface area contributed by atoms with Crippen LogP contribution in [0.3, 0.4) is 0 Å². The second-order valence-electron chi connectivity index (χ2n) is 8.91. The van der Waals surface area contributed by atoms with E-state index < -0.39 is 46.9 Å². The number of imidazole rings is 1. The van der Waals surface area contributed by atoms with Crippen LogP contribution >= 0.6 is 11.6 Å². The first-order chi connectivity index (χ1) is 16.4. The van der Waals surface area contributed by atoms with Gasteiger partial charge in [0.2, 0.25) is 0 Å². The Kier molecular flexibility index (Phi) is 7.23. The van der Waals surface area contributed by atoms with Gasteiger partial charge in [0.1, 0.15) is 0 Å². The SMILES string of the molecule is Cc1cccc(COC2CCCC2[AsH]c2nc(Cl)nc3c2ncn3C2OC(CO)C(O)C2O)c1. The van der Waals surface area contributed by atoms with Crippen LogP contribution in [0, 0.1) is 6.92 Å². The molecule has 7 unspecified atom stereocenters. The van der Waals surface area contributed by atoms with Crippen molar-refractivity contribution in [2.75, 3.05) is 6.61 Å². The Labute approximate surface area is 208 Å². The Balaban J connectivity index is 1.36. The summed E-state index contributed by atoms with van der Waals surface area (Å²) in [6.45, 7) is 2.27.